The van der Waals surface area contributed by atoms with Crippen molar-refractivity contribution in [3.63, 3.8) is 0 Å². The fourth-order valence-electron chi connectivity index (χ4n) is 2.30. The maximum Gasteiger partial charge on any atom is 0.150 e. The molecule has 2 nitrogen and oxygen atoms in total. The van der Waals surface area contributed by atoms with E-state index in [4.69, 9.17) is 11.6 Å². The molecule has 0 bridgehead atoms. The zero-order valence-corrected chi connectivity index (χ0v) is 10.5. The molecule has 1 heterocycles. The van der Waals surface area contributed by atoms with Gasteiger partial charge in [-0.15, -0.1) is 11.6 Å². The minimum absolute atomic E-state index is 0.619. The molecule has 0 fully saturated rings. The molecule has 0 aliphatic carbocycles. The lowest BCUT2D eigenvalue weighted by Crippen LogP contribution is -1.84. The zero-order chi connectivity index (χ0) is 12.5. The van der Waals surface area contributed by atoms with Crippen molar-refractivity contribution < 1.29 is 4.79 Å². The molecule has 0 amide bonds. The average molecular weight is 258 g/mol. The van der Waals surface area contributed by atoms with Crippen LogP contribution >= 0.6 is 11.6 Å². The fourth-order valence-corrected chi connectivity index (χ4v) is 2.52. The van der Waals surface area contributed by atoms with E-state index >= 15 is 0 Å². The molecule has 18 heavy (non-hydrogen) atoms. The Kier molecular flexibility index (Phi) is 2.80. The fraction of sp³-hybridized carbons (Fsp3) is 0.133. The number of aryl methyl sites for hydroxylation is 1. The van der Waals surface area contributed by atoms with Crippen LogP contribution in [0.5, 0.6) is 0 Å². The summed E-state index contributed by atoms with van der Waals surface area (Å²) in [6.45, 7) is 0. The molecule has 1 aromatic heterocycles. The number of aldehydes is 1. The van der Waals surface area contributed by atoms with Crippen LogP contribution in [0.2, 0.25) is 0 Å². The van der Waals surface area contributed by atoms with Crippen LogP contribution in [0.4, 0.5) is 0 Å². The van der Waals surface area contributed by atoms with Crippen LogP contribution in [0, 0.1) is 0 Å². The smallest absolute Gasteiger partial charge is 0.150 e. The third-order valence-corrected chi connectivity index (χ3v) is 3.40. The number of carbonyl (C=O) groups excluding carboxylic acids is 1. The SMILES string of the molecule is O=Cc1ccc2[nH]c3ccc(CCCl)cc3c2c1. The van der Waals surface area contributed by atoms with Gasteiger partial charge in [-0.25, -0.2) is 0 Å². The first-order chi connectivity index (χ1) is 8.81. The number of alkyl halides is 1. The van der Waals surface area contributed by atoms with Crippen molar-refractivity contribution in [2.45, 2.75) is 6.42 Å². The topological polar surface area (TPSA) is 32.9 Å². The number of aromatic amines is 1. The van der Waals surface area contributed by atoms with E-state index in [1.165, 1.54) is 5.56 Å². The molecule has 1 N–H and O–H groups in total. The molecule has 0 saturated carbocycles. The van der Waals surface area contributed by atoms with E-state index in [-0.39, 0.29) is 0 Å². The summed E-state index contributed by atoms with van der Waals surface area (Å²) in [4.78, 5) is 14.2. The van der Waals surface area contributed by atoms with Gasteiger partial charge < -0.3 is 4.98 Å². The van der Waals surface area contributed by atoms with Crippen molar-refractivity contribution in [1.29, 1.82) is 0 Å². The molecule has 90 valence electrons. The Bertz CT molecular complexity index is 730. The highest BCUT2D eigenvalue weighted by Gasteiger charge is 2.05. The Hall–Kier alpha value is -1.80. The van der Waals surface area contributed by atoms with E-state index < -0.39 is 0 Å². The molecule has 0 atom stereocenters. The largest absolute Gasteiger partial charge is 0.355 e. The van der Waals surface area contributed by atoms with E-state index in [1.54, 1.807) is 0 Å². The number of halogens is 1. The quantitative estimate of drug-likeness (QED) is 0.560. The van der Waals surface area contributed by atoms with E-state index in [2.05, 4.69) is 23.2 Å². The summed E-state index contributed by atoms with van der Waals surface area (Å²) in [5.41, 5.74) is 4.06. The predicted molar refractivity (Wildman–Crippen MR) is 75.6 cm³/mol. The maximum atomic E-state index is 10.8. The molecule has 3 heteroatoms. The molecule has 0 aliphatic rings. The number of nitrogens with one attached hydrogen (secondary N) is 1. The first-order valence-corrected chi connectivity index (χ1v) is 6.41. The Balaban J connectivity index is 2.30. The lowest BCUT2D eigenvalue weighted by atomic mass is 10.1. The molecule has 0 spiro atoms. The van der Waals surface area contributed by atoms with Crippen LogP contribution in [0.1, 0.15) is 15.9 Å². The Labute approximate surface area is 110 Å². The van der Waals surface area contributed by atoms with Gasteiger partial charge in [0, 0.05) is 33.2 Å². The van der Waals surface area contributed by atoms with Crippen molar-refractivity contribution in [2.24, 2.45) is 0 Å². The highest BCUT2D eigenvalue weighted by Crippen LogP contribution is 2.27. The summed E-state index contributed by atoms with van der Waals surface area (Å²) in [5.74, 6) is 0.619. The van der Waals surface area contributed by atoms with Crippen molar-refractivity contribution in [1.82, 2.24) is 4.98 Å². The Morgan fingerprint density at radius 3 is 2.50 bits per heavy atom. The second-order valence-electron chi connectivity index (χ2n) is 4.37. The highest BCUT2D eigenvalue weighted by atomic mass is 35.5. The average Bonchev–Trinajstić information content (AvgIpc) is 2.76. The molecular weight excluding hydrogens is 246 g/mol. The monoisotopic (exact) mass is 257 g/mol. The first kappa shape index (κ1) is 11.3. The highest BCUT2D eigenvalue weighted by molar-refractivity contribution is 6.18. The van der Waals surface area contributed by atoms with Crippen LogP contribution in [-0.4, -0.2) is 17.2 Å². The summed E-state index contributed by atoms with van der Waals surface area (Å²) in [5, 5.41) is 2.24. The van der Waals surface area contributed by atoms with Gasteiger partial charge in [-0.05, 0) is 42.3 Å². The van der Waals surface area contributed by atoms with Crippen molar-refractivity contribution in [3.05, 3.63) is 47.5 Å². The van der Waals surface area contributed by atoms with E-state index in [1.807, 2.05) is 18.2 Å². The molecule has 0 unspecified atom stereocenters. The molecule has 3 aromatic rings. The van der Waals surface area contributed by atoms with Crippen molar-refractivity contribution >= 4 is 39.7 Å². The van der Waals surface area contributed by atoms with Gasteiger partial charge in [-0.2, -0.15) is 0 Å². The zero-order valence-electron chi connectivity index (χ0n) is 9.74. The first-order valence-electron chi connectivity index (χ1n) is 5.87. The van der Waals surface area contributed by atoms with Gasteiger partial charge in [0.1, 0.15) is 6.29 Å². The Morgan fingerprint density at radius 1 is 1.06 bits per heavy atom. The standard InChI is InChI=1S/C15H12ClNO/c16-6-5-10-1-3-14-12(7-10)13-8-11(9-18)2-4-15(13)17-14/h1-4,7-9,17H,5-6H2. The normalized spacial score (nSPS) is 11.2. The third-order valence-electron chi connectivity index (χ3n) is 3.21. The summed E-state index contributed by atoms with van der Waals surface area (Å²) in [6.07, 6.45) is 1.73. The predicted octanol–water partition coefficient (Wildman–Crippen LogP) is 3.91. The van der Waals surface area contributed by atoms with Gasteiger partial charge in [0.15, 0.2) is 0 Å². The number of H-pyrrole nitrogens is 1. The molecule has 0 saturated heterocycles. The van der Waals surface area contributed by atoms with Gasteiger partial charge in [0.25, 0.3) is 0 Å². The lowest BCUT2D eigenvalue weighted by molar-refractivity contribution is 0.112. The van der Waals surface area contributed by atoms with Gasteiger partial charge in [-0.1, -0.05) is 6.07 Å². The van der Waals surface area contributed by atoms with Crippen LogP contribution in [-0.2, 0) is 6.42 Å². The van der Waals surface area contributed by atoms with Crippen LogP contribution in [0.3, 0.4) is 0 Å². The number of aromatic nitrogens is 1. The van der Waals surface area contributed by atoms with Crippen LogP contribution < -0.4 is 0 Å². The summed E-state index contributed by atoms with van der Waals surface area (Å²) in [6, 6.07) is 12.0. The van der Waals surface area contributed by atoms with E-state index in [9.17, 15) is 4.79 Å². The van der Waals surface area contributed by atoms with Gasteiger partial charge in [-0.3, -0.25) is 4.79 Å². The summed E-state index contributed by atoms with van der Waals surface area (Å²) in [7, 11) is 0. The minimum atomic E-state index is 0.619. The number of rotatable bonds is 3. The van der Waals surface area contributed by atoms with E-state index in [0.717, 1.165) is 34.5 Å². The Morgan fingerprint density at radius 2 is 1.78 bits per heavy atom. The lowest BCUT2D eigenvalue weighted by Gasteiger charge is -1.98. The van der Waals surface area contributed by atoms with Crippen LogP contribution in [0.25, 0.3) is 21.8 Å². The summed E-state index contributed by atoms with van der Waals surface area (Å²) >= 11 is 5.77. The van der Waals surface area contributed by atoms with Crippen molar-refractivity contribution in [3.8, 4) is 0 Å². The number of fused-ring (bicyclic) bond motifs is 3. The minimum Gasteiger partial charge on any atom is -0.355 e. The van der Waals surface area contributed by atoms with Crippen LogP contribution in [0.15, 0.2) is 36.4 Å². The number of carbonyl (C=O) groups is 1. The molecular formula is C15H12ClNO. The van der Waals surface area contributed by atoms with E-state index in [0.29, 0.717) is 11.4 Å². The molecule has 2 aromatic carbocycles. The van der Waals surface area contributed by atoms with Gasteiger partial charge >= 0.3 is 0 Å². The second kappa shape index (κ2) is 4.46. The molecule has 0 radical (unpaired) electrons. The number of hydrogen-bond donors (Lipinski definition) is 1. The van der Waals surface area contributed by atoms with Gasteiger partial charge in [0.05, 0.1) is 0 Å². The summed E-state index contributed by atoms with van der Waals surface area (Å²) < 4.78 is 0. The third kappa shape index (κ3) is 1.79. The van der Waals surface area contributed by atoms with Crippen molar-refractivity contribution in [2.75, 3.05) is 5.88 Å². The second-order valence-corrected chi connectivity index (χ2v) is 4.74. The number of hydrogen-bond acceptors (Lipinski definition) is 1. The maximum absolute atomic E-state index is 10.8. The molecule has 0 aliphatic heterocycles. The van der Waals surface area contributed by atoms with Gasteiger partial charge in [0.2, 0.25) is 0 Å². The molecule has 3 rings (SSSR count). The number of benzene rings is 2.